The minimum Gasteiger partial charge on any atom is -0.371 e. The minimum atomic E-state index is -4.25. The number of benzene rings is 1. The zero-order valence-electron chi connectivity index (χ0n) is 11.5. The Morgan fingerprint density at radius 3 is 2.21 bits per heavy atom. The summed E-state index contributed by atoms with van der Waals surface area (Å²) in [6.07, 6.45) is -4.25. The molecule has 1 aromatic rings. The number of nitrogens with one attached hydrogen (secondary N) is 1. The van der Waals surface area contributed by atoms with Crippen molar-refractivity contribution in [1.82, 2.24) is 5.32 Å². The summed E-state index contributed by atoms with van der Waals surface area (Å²) in [5, 5.41) is 3.10. The number of hydrogen-bond donors (Lipinski definition) is 1. The van der Waals surface area contributed by atoms with Crippen molar-refractivity contribution in [2.24, 2.45) is 0 Å². The van der Waals surface area contributed by atoms with Crippen LogP contribution < -0.4 is 5.32 Å². The van der Waals surface area contributed by atoms with E-state index >= 15 is 0 Å². The quantitative estimate of drug-likeness (QED) is 0.804. The number of rotatable bonds is 6. The molecule has 0 fully saturated rings. The van der Waals surface area contributed by atoms with Gasteiger partial charge in [0.15, 0.2) is 0 Å². The fourth-order valence-corrected chi connectivity index (χ4v) is 2.03. The van der Waals surface area contributed by atoms with E-state index in [-0.39, 0.29) is 6.61 Å². The average molecular weight is 275 g/mol. The number of hydrogen-bond acceptors (Lipinski definition) is 2. The number of halogens is 3. The van der Waals surface area contributed by atoms with Crippen LogP contribution in [0.2, 0.25) is 0 Å². The van der Waals surface area contributed by atoms with Crippen LogP contribution in [0.15, 0.2) is 12.1 Å². The largest absolute Gasteiger partial charge is 0.411 e. The van der Waals surface area contributed by atoms with Crippen molar-refractivity contribution in [3.63, 3.8) is 0 Å². The molecular weight excluding hydrogens is 255 g/mol. The molecule has 0 radical (unpaired) electrons. The van der Waals surface area contributed by atoms with Gasteiger partial charge in [-0.3, -0.25) is 0 Å². The number of aryl methyl sites for hydroxylation is 3. The van der Waals surface area contributed by atoms with E-state index in [1.165, 1.54) is 22.3 Å². The molecule has 0 spiro atoms. The standard InChI is InChI=1S/C14H20F3NO/c1-10-6-11(2)13(12(3)7-10)8-18-4-5-19-9-14(15,16)17/h6-7,18H,4-5,8-9H2,1-3H3. The molecule has 5 heteroatoms. The molecule has 0 aliphatic carbocycles. The SMILES string of the molecule is Cc1cc(C)c(CNCCOCC(F)(F)F)c(C)c1. The second-order valence-corrected chi connectivity index (χ2v) is 4.72. The summed E-state index contributed by atoms with van der Waals surface area (Å²) in [4.78, 5) is 0. The molecule has 0 atom stereocenters. The molecule has 0 saturated carbocycles. The van der Waals surface area contributed by atoms with Gasteiger partial charge in [0.05, 0.1) is 6.61 Å². The molecule has 0 bridgehead atoms. The maximum absolute atomic E-state index is 11.8. The summed E-state index contributed by atoms with van der Waals surface area (Å²) in [5.41, 5.74) is 4.80. The van der Waals surface area contributed by atoms with E-state index in [4.69, 9.17) is 0 Å². The zero-order chi connectivity index (χ0) is 14.5. The zero-order valence-corrected chi connectivity index (χ0v) is 11.5. The monoisotopic (exact) mass is 275 g/mol. The molecule has 108 valence electrons. The molecule has 0 heterocycles. The normalized spacial score (nSPS) is 11.9. The molecular formula is C14H20F3NO. The van der Waals surface area contributed by atoms with Crippen LogP contribution in [0.5, 0.6) is 0 Å². The maximum Gasteiger partial charge on any atom is 0.411 e. The summed E-state index contributed by atoms with van der Waals surface area (Å²) in [6.45, 7) is 6.05. The highest BCUT2D eigenvalue weighted by Crippen LogP contribution is 2.16. The molecule has 0 aromatic heterocycles. The Balaban J connectivity index is 2.30. The molecule has 19 heavy (non-hydrogen) atoms. The Morgan fingerprint density at radius 2 is 1.68 bits per heavy atom. The van der Waals surface area contributed by atoms with Gasteiger partial charge < -0.3 is 10.1 Å². The van der Waals surface area contributed by atoms with Gasteiger partial charge in [-0.2, -0.15) is 13.2 Å². The fourth-order valence-electron chi connectivity index (χ4n) is 2.03. The highest BCUT2D eigenvalue weighted by Gasteiger charge is 2.27. The van der Waals surface area contributed by atoms with Crippen LogP contribution in [0.3, 0.4) is 0 Å². The topological polar surface area (TPSA) is 21.3 Å². The van der Waals surface area contributed by atoms with Crippen LogP contribution in [0.4, 0.5) is 13.2 Å². The third-order valence-electron chi connectivity index (χ3n) is 2.83. The minimum absolute atomic E-state index is 0.0590. The van der Waals surface area contributed by atoms with Gasteiger partial charge in [0, 0.05) is 13.1 Å². The van der Waals surface area contributed by atoms with Crippen molar-refractivity contribution in [2.45, 2.75) is 33.5 Å². The second-order valence-electron chi connectivity index (χ2n) is 4.72. The lowest BCUT2D eigenvalue weighted by molar-refractivity contribution is -0.173. The van der Waals surface area contributed by atoms with Gasteiger partial charge in [-0.15, -0.1) is 0 Å². The van der Waals surface area contributed by atoms with Crippen molar-refractivity contribution < 1.29 is 17.9 Å². The first kappa shape index (κ1) is 16.0. The molecule has 0 aliphatic rings. The molecule has 0 saturated heterocycles. The van der Waals surface area contributed by atoms with E-state index in [2.05, 4.69) is 22.2 Å². The number of ether oxygens (including phenoxy) is 1. The van der Waals surface area contributed by atoms with Crippen molar-refractivity contribution in [3.8, 4) is 0 Å². The lowest BCUT2D eigenvalue weighted by Crippen LogP contribution is -2.24. The first-order valence-electron chi connectivity index (χ1n) is 6.21. The highest BCUT2D eigenvalue weighted by atomic mass is 19.4. The molecule has 1 N–H and O–H groups in total. The summed E-state index contributed by atoms with van der Waals surface area (Å²) in [6, 6.07) is 4.20. The van der Waals surface area contributed by atoms with E-state index in [9.17, 15) is 13.2 Å². The summed E-state index contributed by atoms with van der Waals surface area (Å²) < 4.78 is 40.0. The van der Waals surface area contributed by atoms with Crippen molar-refractivity contribution in [2.75, 3.05) is 19.8 Å². The third-order valence-corrected chi connectivity index (χ3v) is 2.83. The van der Waals surface area contributed by atoms with Crippen LogP contribution in [0, 0.1) is 20.8 Å². The average Bonchev–Trinajstić information content (AvgIpc) is 2.24. The fraction of sp³-hybridized carbons (Fsp3) is 0.571. The number of alkyl halides is 3. The van der Waals surface area contributed by atoms with Crippen molar-refractivity contribution >= 4 is 0 Å². The molecule has 0 amide bonds. The Labute approximate surface area is 112 Å². The molecule has 1 aromatic carbocycles. The predicted molar refractivity (Wildman–Crippen MR) is 69.2 cm³/mol. The predicted octanol–water partition coefficient (Wildman–Crippen LogP) is 3.28. The lowest BCUT2D eigenvalue weighted by atomic mass is 10.00. The molecule has 2 nitrogen and oxygen atoms in total. The Bertz CT molecular complexity index is 393. The van der Waals surface area contributed by atoms with Crippen LogP contribution in [-0.4, -0.2) is 25.9 Å². The third kappa shape index (κ3) is 6.07. The van der Waals surface area contributed by atoms with Crippen molar-refractivity contribution in [1.29, 1.82) is 0 Å². The van der Waals surface area contributed by atoms with Gasteiger partial charge in [-0.1, -0.05) is 17.7 Å². The van der Waals surface area contributed by atoms with E-state index in [0.717, 1.165) is 0 Å². The van der Waals surface area contributed by atoms with Gasteiger partial charge in [-0.25, -0.2) is 0 Å². The first-order valence-corrected chi connectivity index (χ1v) is 6.21. The van der Waals surface area contributed by atoms with Gasteiger partial charge >= 0.3 is 6.18 Å². The highest BCUT2D eigenvalue weighted by molar-refractivity contribution is 5.37. The molecule has 1 rings (SSSR count). The van der Waals surface area contributed by atoms with Crippen molar-refractivity contribution in [3.05, 3.63) is 34.4 Å². The van der Waals surface area contributed by atoms with Gasteiger partial charge in [0.1, 0.15) is 6.61 Å². The van der Waals surface area contributed by atoms with E-state index in [1.807, 2.05) is 20.8 Å². The van der Waals surface area contributed by atoms with Crippen LogP contribution in [-0.2, 0) is 11.3 Å². The van der Waals surface area contributed by atoms with Gasteiger partial charge in [-0.05, 0) is 37.5 Å². The molecule has 0 aliphatic heterocycles. The van der Waals surface area contributed by atoms with E-state index < -0.39 is 12.8 Å². The second kappa shape index (κ2) is 6.91. The van der Waals surface area contributed by atoms with Crippen LogP contribution in [0.1, 0.15) is 22.3 Å². The Morgan fingerprint density at radius 1 is 1.11 bits per heavy atom. The van der Waals surface area contributed by atoms with Gasteiger partial charge in [0.25, 0.3) is 0 Å². The Kier molecular flexibility index (Phi) is 5.82. The van der Waals surface area contributed by atoms with Gasteiger partial charge in [0.2, 0.25) is 0 Å². The smallest absolute Gasteiger partial charge is 0.371 e. The van der Waals surface area contributed by atoms with E-state index in [0.29, 0.717) is 13.1 Å². The lowest BCUT2D eigenvalue weighted by Gasteiger charge is -2.13. The van der Waals surface area contributed by atoms with Crippen LogP contribution >= 0.6 is 0 Å². The molecule has 0 unspecified atom stereocenters. The first-order chi connectivity index (χ1) is 8.79. The Hall–Kier alpha value is -1.07. The summed E-state index contributed by atoms with van der Waals surface area (Å²) >= 11 is 0. The summed E-state index contributed by atoms with van der Waals surface area (Å²) in [7, 11) is 0. The van der Waals surface area contributed by atoms with Crippen LogP contribution in [0.25, 0.3) is 0 Å². The van der Waals surface area contributed by atoms with E-state index in [1.54, 1.807) is 0 Å². The summed E-state index contributed by atoms with van der Waals surface area (Å²) in [5.74, 6) is 0. The maximum atomic E-state index is 11.8.